The average molecular weight is 241 g/mol. The predicted molar refractivity (Wildman–Crippen MR) is 60.2 cm³/mol. The summed E-state index contributed by atoms with van der Waals surface area (Å²) in [6.45, 7) is 0.741. The predicted octanol–water partition coefficient (Wildman–Crippen LogP) is 1.32. The Morgan fingerprint density at radius 1 is 1.56 bits per heavy atom. The maximum atomic E-state index is 13.4. The summed E-state index contributed by atoms with van der Waals surface area (Å²) in [5, 5.41) is 9.32. The third-order valence-corrected chi connectivity index (χ3v) is 2.91. The number of thiol groups is 1. The molecule has 1 aromatic rings. The van der Waals surface area contributed by atoms with Crippen LogP contribution in [0.3, 0.4) is 0 Å². The minimum atomic E-state index is -0.552. The molecule has 2 rings (SSSR count). The summed E-state index contributed by atoms with van der Waals surface area (Å²) in [7, 11) is 0. The van der Waals surface area contributed by atoms with Gasteiger partial charge in [0.05, 0.1) is 11.7 Å². The highest BCUT2D eigenvalue weighted by Gasteiger charge is 2.26. The molecule has 16 heavy (non-hydrogen) atoms. The van der Waals surface area contributed by atoms with E-state index in [1.807, 2.05) is 0 Å². The smallest absolute Gasteiger partial charge is 0.256 e. The Morgan fingerprint density at radius 3 is 2.94 bits per heavy atom. The summed E-state index contributed by atoms with van der Waals surface area (Å²) >= 11 is 4.07. The second-order valence-electron chi connectivity index (χ2n) is 3.86. The first kappa shape index (κ1) is 11.4. The van der Waals surface area contributed by atoms with Crippen LogP contribution in [0.5, 0.6) is 0 Å². The molecule has 1 aliphatic rings. The highest BCUT2D eigenvalue weighted by Crippen LogP contribution is 2.18. The molecule has 0 saturated carbocycles. The van der Waals surface area contributed by atoms with Gasteiger partial charge in [-0.2, -0.15) is 0 Å². The molecule has 1 aliphatic heterocycles. The zero-order valence-corrected chi connectivity index (χ0v) is 9.45. The lowest BCUT2D eigenvalue weighted by molar-refractivity contribution is 0.0760. The molecule has 1 amide bonds. The third-order valence-electron chi connectivity index (χ3n) is 2.63. The van der Waals surface area contributed by atoms with Gasteiger partial charge in [-0.05, 0) is 24.6 Å². The zero-order valence-electron chi connectivity index (χ0n) is 8.56. The van der Waals surface area contributed by atoms with Gasteiger partial charge in [0.25, 0.3) is 5.91 Å². The highest BCUT2D eigenvalue weighted by molar-refractivity contribution is 7.80. The van der Waals surface area contributed by atoms with Crippen LogP contribution in [-0.4, -0.2) is 35.1 Å². The van der Waals surface area contributed by atoms with E-state index in [0.717, 1.165) is 0 Å². The number of hydrogen-bond acceptors (Lipinski definition) is 3. The van der Waals surface area contributed by atoms with Gasteiger partial charge in [0.2, 0.25) is 0 Å². The first-order valence-corrected chi connectivity index (χ1v) is 5.48. The van der Waals surface area contributed by atoms with Gasteiger partial charge in [-0.15, -0.1) is 12.6 Å². The number of halogens is 1. The molecule has 0 radical (unpaired) electrons. The fraction of sp³-hybridized carbons (Fsp3) is 0.364. The molecule has 1 unspecified atom stereocenters. The number of carbonyl (C=O) groups is 1. The average Bonchev–Trinajstić information content (AvgIpc) is 2.67. The van der Waals surface area contributed by atoms with E-state index >= 15 is 0 Å². The fourth-order valence-corrected chi connectivity index (χ4v) is 1.98. The van der Waals surface area contributed by atoms with E-state index in [1.165, 1.54) is 23.1 Å². The maximum Gasteiger partial charge on any atom is 0.256 e. The quantitative estimate of drug-likeness (QED) is 0.728. The van der Waals surface area contributed by atoms with Crippen molar-refractivity contribution in [3.8, 4) is 0 Å². The normalized spacial score (nSPS) is 20.2. The lowest BCUT2D eigenvalue weighted by atomic mass is 10.2. The SMILES string of the molecule is O=C(c1cc(S)ccc1F)N1CCC(O)C1. The number of rotatable bonds is 1. The molecule has 1 aromatic carbocycles. The standard InChI is InChI=1S/C11H12FNO2S/c12-10-2-1-8(16)5-9(10)11(15)13-4-3-7(14)6-13/h1-2,5,7,14,16H,3-4,6H2. The van der Waals surface area contributed by atoms with Crippen LogP contribution in [0.15, 0.2) is 23.1 Å². The van der Waals surface area contributed by atoms with Crippen molar-refractivity contribution in [2.75, 3.05) is 13.1 Å². The minimum Gasteiger partial charge on any atom is -0.391 e. The lowest BCUT2D eigenvalue weighted by Crippen LogP contribution is -2.30. The number of aliphatic hydroxyl groups excluding tert-OH is 1. The van der Waals surface area contributed by atoms with Crippen molar-refractivity contribution >= 4 is 18.5 Å². The molecule has 0 aliphatic carbocycles. The monoisotopic (exact) mass is 241 g/mol. The number of amides is 1. The molecular weight excluding hydrogens is 229 g/mol. The number of hydrogen-bond donors (Lipinski definition) is 2. The first-order valence-electron chi connectivity index (χ1n) is 5.04. The van der Waals surface area contributed by atoms with Crippen molar-refractivity contribution < 1.29 is 14.3 Å². The molecule has 3 nitrogen and oxygen atoms in total. The molecule has 1 N–H and O–H groups in total. The van der Waals surface area contributed by atoms with Gasteiger partial charge in [-0.25, -0.2) is 4.39 Å². The largest absolute Gasteiger partial charge is 0.391 e. The number of likely N-dealkylation sites (tertiary alicyclic amines) is 1. The van der Waals surface area contributed by atoms with E-state index < -0.39 is 11.9 Å². The van der Waals surface area contributed by atoms with E-state index in [9.17, 15) is 14.3 Å². The van der Waals surface area contributed by atoms with E-state index in [-0.39, 0.29) is 18.0 Å². The van der Waals surface area contributed by atoms with E-state index in [1.54, 1.807) is 0 Å². The Morgan fingerprint density at radius 2 is 2.31 bits per heavy atom. The van der Waals surface area contributed by atoms with Crippen molar-refractivity contribution in [3.05, 3.63) is 29.6 Å². The van der Waals surface area contributed by atoms with Gasteiger partial charge >= 0.3 is 0 Å². The number of nitrogens with zero attached hydrogens (tertiary/aromatic N) is 1. The number of β-amino-alcohol motifs (C(OH)–C–C–N with tert-alkyl or cyclic N) is 1. The topological polar surface area (TPSA) is 40.5 Å². The summed E-state index contributed by atoms with van der Waals surface area (Å²) < 4.78 is 13.4. The molecule has 0 aromatic heterocycles. The van der Waals surface area contributed by atoms with Crippen LogP contribution in [-0.2, 0) is 0 Å². The van der Waals surface area contributed by atoms with Gasteiger partial charge in [0.1, 0.15) is 5.82 Å². The summed E-state index contributed by atoms with van der Waals surface area (Å²) in [6.07, 6.45) is 0.0553. The van der Waals surface area contributed by atoms with Crippen LogP contribution >= 0.6 is 12.6 Å². The zero-order chi connectivity index (χ0) is 11.7. The van der Waals surface area contributed by atoms with Crippen LogP contribution < -0.4 is 0 Å². The van der Waals surface area contributed by atoms with E-state index in [0.29, 0.717) is 17.9 Å². The summed E-state index contributed by atoms with van der Waals surface area (Å²) in [6, 6.07) is 4.13. The second kappa shape index (κ2) is 4.43. The van der Waals surface area contributed by atoms with E-state index in [4.69, 9.17) is 0 Å². The Labute approximate surface area is 98.3 Å². The van der Waals surface area contributed by atoms with Crippen LogP contribution in [0.2, 0.25) is 0 Å². The Kier molecular flexibility index (Phi) is 3.16. The fourth-order valence-electron chi connectivity index (χ4n) is 1.77. The highest BCUT2D eigenvalue weighted by atomic mass is 32.1. The number of benzene rings is 1. The van der Waals surface area contributed by atoms with Crippen molar-refractivity contribution in [1.29, 1.82) is 0 Å². The van der Waals surface area contributed by atoms with Crippen LogP contribution in [0, 0.1) is 5.82 Å². The molecule has 0 spiro atoms. The summed E-state index contributed by atoms with van der Waals surface area (Å²) in [5.74, 6) is -0.936. The molecule has 1 heterocycles. The molecule has 5 heteroatoms. The number of aliphatic hydroxyl groups is 1. The van der Waals surface area contributed by atoms with Crippen molar-refractivity contribution in [2.24, 2.45) is 0 Å². The molecule has 86 valence electrons. The van der Waals surface area contributed by atoms with Gasteiger partial charge in [0.15, 0.2) is 0 Å². The van der Waals surface area contributed by atoms with Gasteiger partial charge in [0, 0.05) is 18.0 Å². The van der Waals surface area contributed by atoms with Crippen molar-refractivity contribution in [3.63, 3.8) is 0 Å². The number of carbonyl (C=O) groups excluding carboxylic acids is 1. The van der Waals surface area contributed by atoms with Crippen molar-refractivity contribution in [1.82, 2.24) is 4.90 Å². The molecule has 0 bridgehead atoms. The Hall–Kier alpha value is -1.07. The van der Waals surface area contributed by atoms with Crippen molar-refractivity contribution in [2.45, 2.75) is 17.4 Å². The second-order valence-corrected chi connectivity index (χ2v) is 4.37. The molecular formula is C11H12FNO2S. The lowest BCUT2D eigenvalue weighted by Gasteiger charge is -2.16. The van der Waals surface area contributed by atoms with E-state index in [2.05, 4.69) is 12.6 Å². The van der Waals surface area contributed by atoms with Crippen LogP contribution in [0.1, 0.15) is 16.8 Å². The minimum absolute atomic E-state index is 0.0154. The van der Waals surface area contributed by atoms with Gasteiger partial charge in [-0.3, -0.25) is 4.79 Å². The summed E-state index contributed by atoms with van der Waals surface area (Å²) in [4.78, 5) is 13.9. The first-order chi connectivity index (χ1) is 7.58. The molecule has 1 fully saturated rings. The Bertz CT molecular complexity index is 424. The van der Waals surface area contributed by atoms with Gasteiger partial charge < -0.3 is 10.0 Å². The van der Waals surface area contributed by atoms with Crippen LogP contribution in [0.4, 0.5) is 4.39 Å². The summed E-state index contributed by atoms with van der Waals surface area (Å²) in [5.41, 5.74) is 0.0154. The molecule has 1 saturated heterocycles. The van der Waals surface area contributed by atoms with Gasteiger partial charge in [-0.1, -0.05) is 0 Å². The maximum absolute atomic E-state index is 13.4. The molecule has 1 atom stereocenters. The Balaban J connectivity index is 2.23. The third kappa shape index (κ3) is 2.20. The van der Waals surface area contributed by atoms with Crippen LogP contribution in [0.25, 0.3) is 0 Å².